The van der Waals surface area contributed by atoms with Crippen molar-refractivity contribution in [3.05, 3.63) is 70.6 Å². The monoisotopic (exact) mass is 526 g/mol. The van der Waals surface area contributed by atoms with E-state index in [1.165, 1.54) is 37.4 Å². The van der Waals surface area contributed by atoms with Crippen molar-refractivity contribution in [3.63, 3.8) is 0 Å². The largest absolute Gasteiger partial charge is 0.436 e. The molecular weight excluding hydrogens is 508 g/mol. The summed E-state index contributed by atoms with van der Waals surface area (Å²) in [6.07, 6.45) is -4.92. The number of hydrogen-bond donors (Lipinski definition) is 3. The number of anilines is 1. The fourth-order valence-electron chi connectivity index (χ4n) is 3.73. The van der Waals surface area contributed by atoms with Crippen molar-refractivity contribution in [2.24, 2.45) is 0 Å². The Hall–Kier alpha value is -3.28. The predicted molar refractivity (Wildman–Crippen MR) is 127 cm³/mol. The van der Waals surface area contributed by atoms with Gasteiger partial charge in [-0.05, 0) is 24.3 Å². The number of alkyl halides is 3. The Morgan fingerprint density at radius 2 is 1.91 bits per heavy atom. The van der Waals surface area contributed by atoms with Crippen LogP contribution in [0.15, 0.2) is 49.2 Å². The van der Waals surface area contributed by atoms with Gasteiger partial charge in [-0.3, -0.25) is 9.36 Å². The molecule has 0 fully saturated rings. The second kappa shape index (κ2) is 9.06. The minimum atomic E-state index is -4.92. The molecule has 1 atom stereocenters. The Bertz CT molecular complexity index is 1360. The highest BCUT2D eigenvalue weighted by molar-refractivity contribution is 6.42. The number of rotatable bonds is 7. The lowest BCUT2D eigenvalue weighted by atomic mass is 10.1. The first-order valence-electron chi connectivity index (χ1n) is 10.1. The number of fused-ring (bicyclic) bond motifs is 3. The molecule has 0 saturated heterocycles. The van der Waals surface area contributed by atoms with Crippen molar-refractivity contribution >= 4 is 51.8 Å². The van der Waals surface area contributed by atoms with Crippen LogP contribution in [0.3, 0.4) is 0 Å². The molecule has 1 amide bonds. The average molecular weight is 527 g/mol. The molecule has 184 valence electrons. The van der Waals surface area contributed by atoms with E-state index in [0.717, 1.165) is 4.57 Å². The summed E-state index contributed by atoms with van der Waals surface area (Å²) in [7, 11) is 1.49. The van der Waals surface area contributed by atoms with Gasteiger partial charge in [0, 0.05) is 13.7 Å². The number of halogens is 5. The Morgan fingerprint density at radius 3 is 2.60 bits per heavy atom. The summed E-state index contributed by atoms with van der Waals surface area (Å²) in [6, 6.07) is 7.02. The summed E-state index contributed by atoms with van der Waals surface area (Å²) >= 11 is 12.1. The van der Waals surface area contributed by atoms with E-state index in [2.05, 4.69) is 39.1 Å². The number of nitrogens with zero attached hydrogens (tertiary/aromatic N) is 3. The van der Waals surface area contributed by atoms with Crippen molar-refractivity contribution in [1.82, 2.24) is 25.2 Å². The van der Waals surface area contributed by atoms with E-state index < -0.39 is 23.4 Å². The predicted octanol–water partition coefficient (Wildman–Crippen LogP) is 4.53. The van der Waals surface area contributed by atoms with Gasteiger partial charge >= 0.3 is 6.18 Å². The first-order chi connectivity index (χ1) is 16.5. The van der Waals surface area contributed by atoms with Crippen molar-refractivity contribution in [1.29, 1.82) is 0 Å². The van der Waals surface area contributed by atoms with Crippen LogP contribution >= 0.6 is 23.2 Å². The minimum Gasteiger partial charge on any atom is -0.383 e. The zero-order valence-electron chi connectivity index (χ0n) is 18.3. The van der Waals surface area contributed by atoms with Gasteiger partial charge in [0.15, 0.2) is 0 Å². The third-order valence-corrected chi connectivity index (χ3v) is 6.08. The fourth-order valence-corrected chi connectivity index (χ4v) is 4.04. The van der Waals surface area contributed by atoms with Crippen LogP contribution in [0.4, 0.5) is 19.1 Å². The second-order valence-electron chi connectivity index (χ2n) is 7.60. The van der Waals surface area contributed by atoms with E-state index in [1.54, 1.807) is 0 Å². The third kappa shape index (κ3) is 4.19. The van der Waals surface area contributed by atoms with Crippen molar-refractivity contribution < 1.29 is 22.7 Å². The molecule has 1 aliphatic rings. The van der Waals surface area contributed by atoms with Crippen LogP contribution in [0.5, 0.6) is 0 Å². The fraction of sp³-hybridized carbons (Fsp3) is 0.227. The summed E-state index contributed by atoms with van der Waals surface area (Å²) in [5.41, 5.74) is -3.23. The first kappa shape index (κ1) is 24.8. The lowest BCUT2D eigenvalue weighted by Gasteiger charge is -2.36. The molecule has 0 radical (unpaired) electrons. The number of benzene rings is 1. The van der Waals surface area contributed by atoms with Crippen molar-refractivity contribution in [2.45, 2.75) is 11.8 Å². The number of pyridine rings is 1. The zero-order chi connectivity index (χ0) is 25.5. The standard InChI is InChI=1S/C22H19Cl2F3N6O2/c1-11(15-5-4-6-16(30-15)19(34)28-7-8-35-3)32-21(22(25,26)27)12(2)29-20-31-17-9-13(23)14(24)10-18(17)33(20)21/h4-6,9-10,32H,1-2,7-8H2,3H3,(H,28,34)(H,29,31). The molecule has 13 heteroatoms. The maximum Gasteiger partial charge on any atom is 0.436 e. The number of aromatic nitrogens is 3. The van der Waals surface area contributed by atoms with Gasteiger partial charge < -0.3 is 20.7 Å². The molecular formula is C22H19Cl2F3N6O2. The SMILES string of the molecule is C=C(NC1(C(F)(F)F)C(=C)Nc2nc3cc(Cl)c(Cl)cc3n21)c1cccc(C(=O)NCCOC)n1. The van der Waals surface area contributed by atoms with E-state index in [0.29, 0.717) is 6.61 Å². The van der Waals surface area contributed by atoms with Crippen LogP contribution < -0.4 is 16.0 Å². The number of methoxy groups -OCH3 is 1. The normalized spacial score (nSPS) is 17.3. The molecule has 8 nitrogen and oxygen atoms in total. The molecule has 4 rings (SSSR count). The molecule has 0 bridgehead atoms. The van der Waals surface area contributed by atoms with Gasteiger partial charge in [0.2, 0.25) is 5.95 Å². The Kier molecular flexibility index (Phi) is 6.43. The summed E-state index contributed by atoms with van der Waals surface area (Å²) < 4.78 is 50.1. The van der Waals surface area contributed by atoms with Gasteiger partial charge in [-0.25, -0.2) is 9.97 Å². The molecule has 3 heterocycles. The molecule has 3 N–H and O–H groups in total. The van der Waals surface area contributed by atoms with Gasteiger partial charge in [0.25, 0.3) is 11.6 Å². The number of imidazole rings is 1. The summed E-state index contributed by atoms with van der Waals surface area (Å²) in [4.78, 5) is 20.7. The van der Waals surface area contributed by atoms with Gasteiger partial charge in [0.1, 0.15) is 5.69 Å². The quantitative estimate of drug-likeness (QED) is 0.391. The number of amides is 1. The summed E-state index contributed by atoms with van der Waals surface area (Å²) in [5.74, 6) is -0.622. The Labute approximate surface area is 207 Å². The van der Waals surface area contributed by atoms with Gasteiger partial charge in [-0.15, -0.1) is 0 Å². The highest BCUT2D eigenvalue weighted by Crippen LogP contribution is 2.49. The maximum absolute atomic E-state index is 14.8. The second-order valence-corrected chi connectivity index (χ2v) is 8.41. The van der Waals surface area contributed by atoms with E-state index in [-0.39, 0.29) is 50.7 Å². The molecule has 0 aliphatic carbocycles. The lowest BCUT2D eigenvalue weighted by Crippen LogP contribution is -2.56. The van der Waals surface area contributed by atoms with Crippen LogP contribution in [-0.4, -0.2) is 46.9 Å². The number of ether oxygens (including phenoxy) is 1. The third-order valence-electron chi connectivity index (χ3n) is 5.36. The van der Waals surface area contributed by atoms with E-state index in [1.807, 2.05) is 0 Å². The molecule has 1 aliphatic heterocycles. The number of carbonyl (C=O) groups is 1. The molecule has 1 unspecified atom stereocenters. The Morgan fingerprint density at radius 1 is 1.23 bits per heavy atom. The van der Waals surface area contributed by atoms with Crippen LogP contribution in [-0.2, 0) is 10.4 Å². The molecule has 3 aromatic rings. The van der Waals surface area contributed by atoms with Crippen LogP contribution in [0.25, 0.3) is 16.7 Å². The average Bonchev–Trinajstić information content (AvgIpc) is 3.27. The topological polar surface area (TPSA) is 93.1 Å². The highest BCUT2D eigenvalue weighted by atomic mass is 35.5. The van der Waals surface area contributed by atoms with E-state index in [9.17, 15) is 18.0 Å². The molecule has 0 spiro atoms. The minimum absolute atomic E-state index is 0.00109. The smallest absolute Gasteiger partial charge is 0.383 e. The molecule has 0 saturated carbocycles. The maximum atomic E-state index is 14.8. The van der Waals surface area contributed by atoms with Gasteiger partial charge in [0.05, 0.1) is 44.8 Å². The highest BCUT2D eigenvalue weighted by Gasteiger charge is 2.63. The van der Waals surface area contributed by atoms with E-state index >= 15 is 0 Å². The van der Waals surface area contributed by atoms with Gasteiger partial charge in [-0.1, -0.05) is 42.4 Å². The number of hydrogen-bond acceptors (Lipinski definition) is 6. The zero-order valence-corrected chi connectivity index (χ0v) is 19.8. The Balaban J connectivity index is 1.75. The van der Waals surface area contributed by atoms with E-state index in [4.69, 9.17) is 27.9 Å². The molecule has 2 aromatic heterocycles. The van der Waals surface area contributed by atoms with Crippen LogP contribution in [0, 0.1) is 0 Å². The summed E-state index contributed by atoms with van der Waals surface area (Å²) in [5, 5.41) is 7.83. The van der Waals surface area contributed by atoms with Crippen molar-refractivity contribution in [2.75, 3.05) is 25.6 Å². The van der Waals surface area contributed by atoms with Crippen LogP contribution in [0.1, 0.15) is 16.2 Å². The molecule has 1 aromatic carbocycles. The number of carbonyl (C=O) groups excluding carboxylic acids is 1. The van der Waals surface area contributed by atoms with Crippen LogP contribution in [0.2, 0.25) is 10.0 Å². The van der Waals surface area contributed by atoms with Crippen molar-refractivity contribution in [3.8, 4) is 0 Å². The summed E-state index contributed by atoms with van der Waals surface area (Å²) in [6.45, 7) is 7.88. The lowest BCUT2D eigenvalue weighted by molar-refractivity contribution is -0.203. The first-order valence-corrected chi connectivity index (χ1v) is 10.9. The molecule has 35 heavy (non-hydrogen) atoms. The number of nitrogens with one attached hydrogen (secondary N) is 3. The van der Waals surface area contributed by atoms with Gasteiger partial charge in [-0.2, -0.15) is 13.2 Å².